The molecule has 0 radical (unpaired) electrons. The van der Waals surface area contributed by atoms with Gasteiger partial charge in [0.25, 0.3) is 0 Å². The number of aromatic nitrogens is 2. The van der Waals surface area contributed by atoms with Gasteiger partial charge in [-0.3, -0.25) is 0 Å². The third-order valence-electron chi connectivity index (χ3n) is 2.78. The van der Waals surface area contributed by atoms with E-state index in [9.17, 15) is 0 Å². The topological polar surface area (TPSA) is 38.9 Å². The zero-order valence-electron chi connectivity index (χ0n) is 8.90. The smallest absolute Gasteiger partial charge is 0.197 e. The summed E-state index contributed by atoms with van der Waals surface area (Å²) in [5.41, 5.74) is 2.06. The van der Waals surface area contributed by atoms with Gasteiger partial charge in [0.1, 0.15) is 5.15 Å². The van der Waals surface area contributed by atoms with E-state index in [0.717, 1.165) is 11.3 Å². The molecule has 0 spiro atoms. The Morgan fingerprint density at radius 2 is 2.19 bits per heavy atom. The summed E-state index contributed by atoms with van der Waals surface area (Å²) in [6.07, 6.45) is 4.04. The molecule has 2 aromatic heterocycles. The fraction of sp³-hybridized carbons (Fsp3) is 0.333. The van der Waals surface area contributed by atoms with Crippen molar-refractivity contribution >= 4 is 11.6 Å². The number of furan rings is 1. The summed E-state index contributed by atoms with van der Waals surface area (Å²) in [6.45, 7) is 1.97. The van der Waals surface area contributed by atoms with E-state index in [1.165, 1.54) is 12.8 Å². The fourth-order valence-electron chi connectivity index (χ4n) is 1.73. The Morgan fingerprint density at radius 3 is 2.81 bits per heavy atom. The van der Waals surface area contributed by atoms with Gasteiger partial charge >= 0.3 is 0 Å². The van der Waals surface area contributed by atoms with Gasteiger partial charge in [0.15, 0.2) is 11.6 Å². The minimum Gasteiger partial charge on any atom is -0.461 e. The van der Waals surface area contributed by atoms with E-state index in [-0.39, 0.29) is 0 Å². The average molecular weight is 235 g/mol. The normalized spacial score (nSPS) is 15.4. The van der Waals surface area contributed by atoms with Gasteiger partial charge in [-0.05, 0) is 37.5 Å². The summed E-state index contributed by atoms with van der Waals surface area (Å²) in [6, 6.07) is 3.75. The zero-order chi connectivity index (χ0) is 11.1. The predicted octanol–water partition coefficient (Wildman–Crippen LogP) is 3.58. The van der Waals surface area contributed by atoms with E-state index in [1.54, 1.807) is 6.26 Å². The number of hydrogen-bond donors (Lipinski definition) is 0. The van der Waals surface area contributed by atoms with Gasteiger partial charge in [0.2, 0.25) is 0 Å². The zero-order valence-corrected chi connectivity index (χ0v) is 9.66. The maximum atomic E-state index is 6.00. The van der Waals surface area contributed by atoms with Crippen LogP contribution in [0.25, 0.3) is 11.6 Å². The fourth-order valence-corrected chi connectivity index (χ4v) is 1.92. The lowest BCUT2D eigenvalue weighted by Gasteiger charge is -2.02. The van der Waals surface area contributed by atoms with Crippen LogP contribution in [0.3, 0.4) is 0 Å². The largest absolute Gasteiger partial charge is 0.461 e. The highest BCUT2D eigenvalue weighted by molar-refractivity contribution is 6.29. The molecule has 1 aliphatic carbocycles. The lowest BCUT2D eigenvalue weighted by atomic mass is 10.2. The molecule has 0 N–H and O–H groups in total. The van der Waals surface area contributed by atoms with Gasteiger partial charge in [-0.25, -0.2) is 9.97 Å². The second kappa shape index (κ2) is 3.59. The molecule has 3 rings (SSSR count). The van der Waals surface area contributed by atoms with E-state index < -0.39 is 0 Å². The first-order valence-electron chi connectivity index (χ1n) is 5.33. The third-order valence-corrected chi connectivity index (χ3v) is 2.97. The first-order chi connectivity index (χ1) is 7.74. The first-order valence-corrected chi connectivity index (χ1v) is 5.71. The van der Waals surface area contributed by atoms with Crippen LogP contribution in [0.1, 0.15) is 30.0 Å². The maximum Gasteiger partial charge on any atom is 0.197 e. The van der Waals surface area contributed by atoms with Crippen LogP contribution < -0.4 is 0 Å². The summed E-state index contributed by atoms with van der Waals surface area (Å²) in [5.74, 6) is 1.87. The van der Waals surface area contributed by atoms with Crippen molar-refractivity contribution in [1.82, 2.24) is 9.97 Å². The van der Waals surface area contributed by atoms with Crippen molar-refractivity contribution in [2.45, 2.75) is 25.7 Å². The molecule has 3 nitrogen and oxygen atoms in total. The number of aryl methyl sites for hydroxylation is 1. The van der Waals surface area contributed by atoms with Gasteiger partial charge < -0.3 is 4.42 Å². The van der Waals surface area contributed by atoms with E-state index in [0.29, 0.717) is 22.7 Å². The monoisotopic (exact) mass is 234 g/mol. The summed E-state index contributed by atoms with van der Waals surface area (Å²) in [5, 5.41) is 0.489. The Hall–Kier alpha value is -1.35. The van der Waals surface area contributed by atoms with Crippen LogP contribution in [-0.4, -0.2) is 9.97 Å². The standard InChI is InChI=1S/C12H11ClN2O/c1-7-4-5-16-11(7)12-14-9(8-2-3-8)6-10(13)15-12/h4-6,8H,2-3H2,1H3. The van der Waals surface area contributed by atoms with Crippen LogP contribution in [0.2, 0.25) is 5.15 Å². The van der Waals surface area contributed by atoms with Crippen molar-refractivity contribution in [3.63, 3.8) is 0 Å². The molecule has 1 fully saturated rings. The van der Waals surface area contributed by atoms with Crippen molar-refractivity contribution < 1.29 is 4.42 Å². The molecule has 0 saturated heterocycles. The predicted molar refractivity (Wildman–Crippen MR) is 61.5 cm³/mol. The molecule has 0 amide bonds. The number of hydrogen-bond acceptors (Lipinski definition) is 3. The molecular weight excluding hydrogens is 224 g/mol. The summed E-state index contributed by atoms with van der Waals surface area (Å²) in [4.78, 5) is 8.72. The highest BCUT2D eigenvalue weighted by atomic mass is 35.5. The second-order valence-electron chi connectivity index (χ2n) is 4.15. The molecule has 0 unspecified atom stereocenters. The van der Waals surface area contributed by atoms with E-state index in [2.05, 4.69) is 9.97 Å². The minimum atomic E-state index is 0.489. The van der Waals surface area contributed by atoms with E-state index in [1.807, 2.05) is 19.1 Å². The quantitative estimate of drug-likeness (QED) is 0.746. The van der Waals surface area contributed by atoms with Crippen molar-refractivity contribution in [3.8, 4) is 11.6 Å². The van der Waals surface area contributed by atoms with Crippen LogP contribution in [0.4, 0.5) is 0 Å². The van der Waals surface area contributed by atoms with Crippen LogP contribution in [0.5, 0.6) is 0 Å². The van der Waals surface area contributed by atoms with Gasteiger partial charge in [-0.15, -0.1) is 0 Å². The summed E-state index contributed by atoms with van der Waals surface area (Å²) in [7, 11) is 0. The Balaban J connectivity index is 2.10. The number of nitrogens with zero attached hydrogens (tertiary/aromatic N) is 2. The number of rotatable bonds is 2. The highest BCUT2D eigenvalue weighted by Gasteiger charge is 2.26. The first kappa shape index (κ1) is 9.85. The van der Waals surface area contributed by atoms with Gasteiger partial charge in [-0.2, -0.15) is 0 Å². The average Bonchev–Trinajstić information content (AvgIpc) is 3.01. The van der Waals surface area contributed by atoms with Gasteiger partial charge in [0.05, 0.1) is 6.26 Å². The minimum absolute atomic E-state index is 0.489. The molecule has 2 aromatic rings. The highest BCUT2D eigenvalue weighted by Crippen LogP contribution is 2.40. The van der Waals surface area contributed by atoms with Gasteiger partial charge in [0, 0.05) is 11.6 Å². The molecule has 0 atom stereocenters. The molecule has 4 heteroatoms. The van der Waals surface area contributed by atoms with Crippen LogP contribution in [-0.2, 0) is 0 Å². The second-order valence-corrected chi connectivity index (χ2v) is 4.53. The Bertz CT molecular complexity index is 532. The van der Waals surface area contributed by atoms with Crippen LogP contribution in [0.15, 0.2) is 22.8 Å². The molecule has 1 saturated carbocycles. The van der Waals surface area contributed by atoms with Crippen molar-refractivity contribution in [2.24, 2.45) is 0 Å². The molecule has 82 valence electrons. The molecule has 0 aromatic carbocycles. The lowest BCUT2D eigenvalue weighted by Crippen LogP contribution is -1.94. The lowest BCUT2D eigenvalue weighted by molar-refractivity contribution is 0.575. The van der Waals surface area contributed by atoms with Crippen LogP contribution >= 0.6 is 11.6 Å². The molecule has 2 heterocycles. The molecule has 16 heavy (non-hydrogen) atoms. The SMILES string of the molecule is Cc1ccoc1-c1nc(Cl)cc(C2CC2)n1. The molecule has 1 aliphatic rings. The molecular formula is C12H11ClN2O. The Kier molecular flexibility index (Phi) is 2.21. The third kappa shape index (κ3) is 1.71. The van der Waals surface area contributed by atoms with Crippen molar-refractivity contribution in [2.75, 3.05) is 0 Å². The summed E-state index contributed by atoms with van der Waals surface area (Å²) < 4.78 is 5.38. The Morgan fingerprint density at radius 1 is 1.38 bits per heavy atom. The van der Waals surface area contributed by atoms with Crippen molar-refractivity contribution in [1.29, 1.82) is 0 Å². The number of halogens is 1. The van der Waals surface area contributed by atoms with Crippen LogP contribution in [0, 0.1) is 6.92 Å². The van der Waals surface area contributed by atoms with E-state index >= 15 is 0 Å². The maximum absolute atomic E-state index is 6.00. The van der Waals surface area contributed by atoms with Crippen molar-refractivity contribution in [3.05, 3.63) is 34.8 Å². The van der Waals surface area contributed by atoms with Gasteiger partial charge in [-0.1, -0.05) is 11.6 Å². The molecule has 0 bridgehead atoms. The van der Waals surface area contributed by atoms with E-state index in [4.69, 9.17) is 16.0 Å². The Labute approximate surface area is 98.5 Å². The summed E-state index contributed by atoms with van der Waals surface area (Å²) >= 11 is 6.00. The molecule has 0 aliphatic heterocycles.